The number of hydrogen-bond donors (Lipinski definition) is 1. The highest BCUT2D eigenvalue weighted by Crippen LogP contribution is 2.33. The third kappa shape index (κ3) is 2.09. The lowest BCUT2D eigenvalue weighted by molar-refractivity contribution is 0.243. The molecule has 0 aliphatic heterocycles. The summed E-state index contributed by atoms with van der Waals surface area (Å²) in [5, 5.41) is 0. The molecule has 0 unspecified atom stereocenters. The molecule has 1 aromatic rings. The predicted octanol–water partition coefficient (Wildman–Crippen LogP) is 2.93. The van der Waals surface area contributed by atoms with Gasteiger partial charge in [0.15, 0.2) is 0 Å². The SMILES string of the molecule is CC(C)Oc1ccc2c(c1N)CCCC2. The average molecular weight is 205 g/mol. The average Bonchev–Trinajstić information content (AvgIpc) is 2.22. The summed E-state index contributed by atoms with van der Waals surface area (Å²) in [5.74, 6) is 0.852. The summed E-state index contributed by atoms with van der Waals surface area (Å²) in [6, 6.07) is 4.18. The monoisotopic (exact) mass is 205 g/mol. The molecule has 0 amide bonds. The molecule has 82 valence electrons. The third-order valence-electron chi connectivity index (χ3n) is 2.90. The van der Waals surface area contributed by atoms with E-state index in [9.17, 15) is 0 Å². The Morgan fingerprint density at radius 3 is 2.67 bits per heavy atom. The smallest absolute Gasteiger partial charge is 0.142 e. The molecule has 1 aliphatic rings. The Labute approximate surface area is 91.4 Å². The van der Waals surface area contributed by atoms with E-state index in [1.54, 1.807) is 0 Å². The van der Waals surface area contributed by atoms with Crippen molar-refractivity contribution in [1.82, 2.24) is 0 Å². The Morgan fingerprint density at radius 1 is 1.20 bits per heavy atom. The highest BCUT2D eigenvalue weighted by molar-refractivity contribution is 5.62. The summed E-state index contributed by atoms with van der Waals surface area (Å²) < 4.78 is 5.69. The van der Waals surface area contributed by atoms with Crippen molar-refractivity contribution >= 4 is 5.69 Å². The van der Waals surface area contributed by atoms with E-state index >= 15 is 0 Å². The summed E-state index contributed by atoms with van der Waals surface area (Å²) in [6.45, 7) is 4.05. The van der Waals surface area contributed by atoms with Crippen molar-refractivity contribution in [2.45, 2.75) is 45.6 Å². The maximum Gasteiger partial charge on any atom is 0.142 e. The zero-order chi connectivity index (χ0) is 10.8. The first-order chi connectivity index (χ1) is 7.18. The van der Waals surface area contributed by atoms with Crippen molar-refractivity contribution in [3.05, 3.63) is 23.3 Å². The van der Waals surface area contributed by atoms with Crippen molar-refractivity contribution < 1.29 is 4.74 Å². The van der Waals surface area contributed by atoms with Gasteiger partial charge in [-0.2, -0.15) is 0 Å². The first-order valence-corrected chi connectivity index (χ1v) is 5.75. The van der Waals surface area contributed by atoms with Crippen LogP contribution in [-0.2, 0) is 12.8 Å². The van der Waals surface area contributed by atoms with E-state index in [0.29, 0.717) is 0 Å². The summed E-state index contributed by atoms with van der Waals surface area (Å²) in [7, 11) is 0. The normalized spacial score (nSPS) is 15.1. The standard InChI is InChI=1S/C13H19NO/c1-9(2)15-12-8-7-10-5-3-4-6-11(10)13(12)14/h7-9H,3-6,14H2,1-2H3. The van der Waals surface area contributed by atoms with Gasteiger partial charge in [0, 0.05) is 0 Å². The zero-order valence-electron chi connectivity index (χ0n) is 9.55. The van der Waals surface area contributed by atoms with Crippen LogP contribution in [0.1, 0.15) is 37.8 Å². The van der Waals surface area contributed by atoms with Crippen LogP contribution in [0.5, 0.6) is 5.75 Å². The van der Waals surface area contributed by atoms with Crippen LogP contribution in [-0.4, -0.2) is 6.10 Å². The fourth-order valence-corrected chi connectivity index (χ4v) is 2.19. The number of nitrogens with two attached hydrogens (primary N) is 1. The van der Waals surface area contributed by atoms with E-state index in [4.69, 9.17) is 10.5 Å². The van der Waals surface area contributed by atoms with Crippen molar-refractivity contribution in [1.29, 1.82) is 0 Å². The van der Waals surface area contributed by atoms with Crippen LogP contribution in [0, 0.1) is 0 Å². The van der Waals surface area contributed by atoms with Crippen molar-refractivity contribution in [2.24, 2.45) is 0 Å². The molecule has 0 radical (unpaired) electrons. The van der Waals surface area contributed by atoms with Gasteiger partial charge in [-0.25, -0.2) is 0 Å². The second-order valence-corrected chi connectivity index (χ2v) is 4.49. The molecule has 0 heterocycles. The van der Waals surface area contributed by atoms with Gasteiger partial charge in [0.2, 0.25) is 0 Å². The summed E-state index contributed by atoms with van der Waals surface area (Å²) in [5.41, 5.74) is 9.72. The Morgan fingerprint density at radius 2 is 1.93 bits per heavy atom. The van der Waals surface area contributed by atoms with Crippen LogP contribution >= 0.6 is 0 Å². The van der Waals surface area contributed by atoms with Crippen molar-refractivity contribution in [3.8, 4) is 5.75 Å². The molecule has 0 aromatic heterocycles. The van der Waals surface area contributed by atoms with Crippen LogP contribution in [0.4, 0.5) is 5.69 Å². The number of fused-ring (bicyclic) bond motifs is 1. The van der Waals surface area contributed by atoms with Gasteiger partial charge in [0.05, 0.1) is 11.8 Å². The summed E-state index contributed by atoms with van der Waals surface area (Å²) in [6.07, 6.45) is 5.01. The number of anilines is 1. The maximum atomic E-state index is 6.13. The molecule has 1 aromatic carbocycles. The number of ether oxygens (including phenoxy) is 1. The lowest BCUT2D eigenvalue weighted by atomic mass is 9.90. The first-order valence-electron chi connectivity index (χ1n) is 5.75. The molecule has 0 atom stereocenters. The van der Waals surface area contributed by atoms with Crippen LogP contribution < -0.4 is 10.5 Å². The fourth-order valence-electron chi connectivity index (χ4n) is 2.19. The van der Waals surface area contributed by atoms with Gasteiger partial charge in [0.1, 0.15) is 5.75 Å². The van der Waals surface area contributed by atoms with Crippen molar-refractivity contribution in [2.75, 3.05) is 5.73 Å². The molecule has 2 nitrogen and oxygen atoms in total. The fraction of sp³-hybridized carbons (Fsp3) is 0.538. The second kappa shape index (κ2) is 4.13. The minimum Gasteiger partial charge on any atom is -0.489 e. The maximum absolute atomic E-state index is 6.13. The van der Waals surface area contributed by atoms with Gasteiger partial charge in [0.25, 0.3) is 0 Å². The third-order valence-corrected chi connectivity index (χ3v) is 2.90. The molecule has 2 heteroatoms. The highest BCUT2D eigenvalue weighted by Gasteiger charge is 2.15. The van der Waals surface area contributed by atoms with Crippen LogP contribution in [0.15, 0.2) is 12.1 Å². The number of aryl methyl sites for hydroxylation is 1. The molecule has 1 aliphatic carbocycles. The molecule has 0 spiro atoms. The minimum atomic E-state index is 0.189. The summed E-state index contributed by atoms with van der Waals surface area (Å²) >= 11 is 0. The highest BCUT2D eigenvalue weighted by atomic mass is 16.5. The summed E-state index contributed by atoms with van der Waals surface area (Å²) in [4.78, 5) is 0. The molecule has 0 bridgehead atoms. The number of hydrogen-bond acceptors (Lipinski definition) is 2. The molecule has 0 fully saturated rings. The van der Waals surface area contributed by atoms with Gasteiger partial charge in [-0.3, -0.25) is 0 Å². The van der Waals surface area contributed by atoms with Crippen molar-refractivity contribution in [3.63, 3.8) is 0 Å². The van der Waals surface area contributed by atoms with Gasteiger partial charge in [-0.05, 0) is 56.7 Å². The van der Waals surface area contributed by atoms with Gasteiger partial charge in [-0.15, -0.1) is 0 Å². The lowest BCUT2D eigenvalue weighted by Crippen LogP contribution is -2.11. The van der Waals surface area contributed by atoms with E-state index in [0.717, 1.165) is 17.9 Å². The molecule has 2 rings (SSSR count). The van der Waals surface area contributed by atoms with E-state index in [-0.39, 0.29) is 6.10 Å². The zero-order valence-corrected chi connectivity index (χ0v) is 9.55. The van der Waals surface area contributed by atoms with E-state index in [1.807, 2.05) is 19.9 Å². The number of nitrogen functional groups attached to an aromatic ring is 1. The van der Waals surface area contributed by atoms with Crippen LogP contribution in [0.25, 0.3) is 0 Å². The van der Waals surface area contributed by atoms with Gasteiger partial charge >= 0.3 is 0 Å². The Balaban J connectivity index is 2.34. The number of benzene rings is 1. The van der Waals surface area contributed by atoms with E-state index in [1.165, 1.54) is 30.4 Å². The van der Waals surface area contributed by atoms with Crippen LogP contribution in [0.2, 0.25) is 0 Å². The molecule has 0 saturated carbocycles. The topological polar surface area (TPSA) is 35.2 Å². The lowest BCUT2D eigenvalue weighted by Gasteiger charge is -2.21. The number of rotatable bonds is 2. The Hall–Kier alpha value is -1.18. The molecule has 2 N–H and O–H groups in total. The van der Waals surface area contributed by atoms with E-state index in [2.05, 4.69) is 6.07 Å². The molecular formula is C13H19NO. The largest absolute Gasteiger partial charge is 0.489 e. The quantitative estimate of drug-likeness (QED) is 0.753. The Bertz CT molecular complexity index is 358. The molecular weight excluding hydrogens is 186 g/mol. The van der Waals surface area contributed by atoms with Gasteiger partial charge < -0.3 is 10.5 Å². The first kappa shape index (κ1) is 10.3. The Kier molecular flexibility index (Phi) is 2.85. The second-order valence-electron chi connectivity index (χ2n) is 4.49. The van der Waals surface area contributed by atoms with Crippen LogP contribution in [0.3, 0.4) is 0 Å². The predicted molar refractivity (Wildman–Crippen MR) is 63.3 cm³/mol. The van der Waals surface area contributed by atoms with Gasteiger partial charge in [-0.1, -0.05) is 6.07 Å². The molecule has 15 heavy (non-hydrogen) atoms. The molecule has 0 saturated heterocycles. The van der Waals surface area contributed by atoms with E-state index < -0.39 is 0 Å². The minimum absolute atomic E-state index is 0.189.